The Balaban J connectivity index is 1.74. The molecule has 2 aromatic carbocycles. The van der Waals surface area contributed by atoms with E-state index in [9.17, 15) is 10.2 Å². The molecule has 0 fully saturated rings. The van der Waals surface area contributed by atoms with Crippen LogP contribution in [-0.2, 0) is 10.8 Å². The number of hydrogen-bond donors (Lipinski definition) is 2. The first-order valence-corrected chi connectivity index (χ1v) is 11.2. The summed E-state index contributed by atoms with van der Waals surface area (Å²) in [6, 6.07) is 12.2. The predicted octanol–water partition coefficient (Wildman–Crippen LogP) is 5.11. The number of guanidine groups is 1. The van der Waals surface area contributed by atoms with Crippen LogP contribution in [0, 0.1) is 0 Å². The van der Waals surface area contributed by atoms with E-state index in [-0.39, 0.29) is 10.8 Å². The van der Waals surface area contributed by atoms with Crippen LogP contribution < -0.4 is 9.80 Å². The molecule has 2 aliphatic heterocycles. The molecule has 0 amide bonds. The molecule has 1 atom stereocenters. The normalized spacial score (nSPS) is 17.3. The van der Waals surface area contributed by atoms with E-state index in [4.69, 9.17) is 4.99 Å². The van der Waals surface area contributed by atoms with Gasteiger partial charge in [-0.25, -0.2) is 0 Å². The Labute approximate surface area is 186 Å². The molecular weight excluding hydrogens is 386 g/mol. The van der Waals surface area contributed by atoms with Gasteiger partial charge in [0.15, 0.2) is 0 Å². The molecule has 0 bridgehead atoms. The van der Waals surface area contributed by atoms with Crippen molar-refractivity contribution in [1.82, 2.24) is 0 Å². The number of β-amino-alcohol motifs (C(OH)–C–C–N with tert-alkyl or cyclic N) is 1. The SMILES string of the molecule is CC(C)(C)c1cc([C@H](O)CN2C3=NCCCN3c3ccccc32)cc(C(C)(C)C)c1O. The van der Waals surface area contributed by atoms with E-state index in [0.29, 0.717) is 12.3 Å². The number of anilines is 2. The number of phenols is 1. The average Bonchev–Trinajstić information content (AvgIpc) is 3.00. The highest BCUT2D eigenvalue weighted by Gasteiger charge is 2.35. The van der Waals surface area contributed by atoms with Crippen molar-refractivity contribution in [2.75, 3.05) is 29.4 Å². The van der Waals surface area contributed by atoms with E-state index in [1.807, 2.05) is 18.2 Å². The Bertz CT molecular complexity index is 979. The van der Waals surface area contributed by atoms with Gasteiger partial charge in [0.1, 0.15) is 5.75 Å². The highest BCUT2D eigenvalue weighted by atomic mass is 16.3. The van der Waals surface area contributed by atoms with Gasteiger partial charge in [-0.1, -0.05) is 53.7 Å². The highest BCUT2D eigenvalue weighted by Crippen LogP contribution is 2.42. The molecule has 0 saturated carbocycles. The fourth-order valence-corrected chi connectivity index (χ4v) is 4.53. The number of benzene rings is 2. The van der Waals surface area contributed by atoms with Gasteiger partial charge in [-0.15, -0.1) is 0 Å². The van der Waals surface area contributed by atoms with Gasteiger partial charge in [0.2, 0.25) is 5.96 Å². The second-order valence-corrected chi connectivity index (χ2v) is 10.8. The number of aliphatic imine (C=N–C) groups is 1. The highest BCUT2D eigenvalue weighted by molar-refractivity contribution is 6.16. The molecule has 0 aliphatic carbocycles. The van der Waals surface area contributed by atoms with E-state index in [1.54, 1.807) is 0 Å². The van der Waals surface area contributed by atoms with Gasteiger partial charge in [-0.3, -0.25) is 4.99 Å². The number of phenolic OH excluding ortho intramolecular Hbond substituents is 1. The molecule has 0 unspecified atom stereocenters. The van der Waals surface area contributed by atoms with Crippen molar-refractivity contribution in [3.8, 4) is 5.75 Å². The largest absolute Gasteiger partial charge is 0.507 e. The molecule has 0 aromatic heterocycles. The molecule has 31 heavy (non-hydrogen) atoms. The van der Waals surface area contributed by atoms with Crippen molar-refractivity contribution >= 4 is 17.3 Å². The first-order chi connectivity index (χ1) is 14.5. The summed E-state index contributed by atoms with van der Waals surface area (Å²) in [5.41, 5.74) is 4.35. The van der Waals surface area contributed by atoms with Gasteiger partial charge in [-0.05, 0) is 58.2 Å². The Morgan fingerprint density at radius 2 is 1.55 bits per heavy atom. The Hall–Kier alpha value is -2.53. The van der Waals surface area contributed by atoms with Crippen molar-refractivity contribution in [2.45, 2.75) is 64.9 Å². The Morgan fingerprint density at radius 3 is 2.13 bits per heavy atom. The summed E-state index contributed by atoms with van der Waals surface area (Å²) in [5, 5.41) is 22.4. The number of fused-ring (bicyclic) bond motifs is 3. The molecule has 2 aromatic rings. The van der Waals surface area contributed by atoms with Crippen LogP contribution in [0.2, 0.25) is 0 Å². The minimum absolute atomic E-state index is 0.232. The molecule has 2 aliphatic rings. The summed E-state index contributed by atoms with van der Waals surface area (Å²) in [5.74, 6) is 1.27. The van der Waals surface area contributed by atoms with Gasteiger partial charge < -0.3 is 20.0 Å². The monoisotopic (exact) mass is 421 g/mol. The van der Waals surface area contributed by atoms with Crippen LogP contribution in [0.5, 0.6) is 5.75 Å². The quantitative estimate of drug-likeness (QED) is 0.723. The molecule has 5 heteroatoms. The first-order valence-electron chi connectivity index (χ1n) is 11.2. The molecule has 2 heterocycles. The van der Waals surface area contributed by atoms with Crippen LogP contribution in [0.4, 0.5) is 11.4 Å². The summed E-state index contributed by atoms with van der Waals surface area (Å²) >= 11 is 0. The second-order valence-electron chi connectivity index (χ2n) is 10.8. The molecule has 166 valence electrons. The number of nitrogens with zero attached hydrogens (tertiary/aromatic N) is 3. The van der Waals surface area contributed by atoms with Crippen LogP contribution in [0.15, 0.2) is 41.4 Å². The Kier molecular flexibility index (Phi) is 5.29. The van der Waals surface area contributed by atoms with Crippen molar-refractivity contribution in [2.24, 2.45) is 4.99 Å². The maximum Gasteiger partial charge on any atom is 0.205 e. The lowest BCUT2D eigenvalue weighted by Gasteiger charge is -2.31. The Morgan fingerprint density at radius 1 is 0.968 bits per heavy atom. The molecule has 5 nitrogen and oxygen atoms in total. The van der Waals surface area contributed by atoms with Crippen LogP contribution in [0.1, 0.15) is 70.8 Å². The maximum absolute atomic E-state index is 11.4. The molecule has 0 saturated heterocycles. The van der Waals surface area contributed by atoms with Crippen molar-refractivity contribution < 1.29 is 10.2 Å². The van der Waals surface area contributed by atoms with E-state index in [2.05, 4.69) is 69.5 Å². The number of aliphatic hydroxyl groups is 1. The predicted molar refractivity (Wildman–Crippen MR) is 129 cm³/mol. The fraction of sp³-hybridized carbons (Fsp3) is 0.500. The number of hydrogen-bond acceptors (Lipinski definition) is 5. The minimum Gasteiger partial charge on any atom is -0.507 e. The van der Waals surface area contributed by atoms with Gasteiger partial charge in [0, 0.05) is 13.1 Å². The molecule has 0 spiro atoms. The van der Waals surface area contributed by atoms with Gasteiger partial charge >= 0.3 is 0 Å². The number of para-hydroxylation sites is 2. The number of aromatic hydroxyl groups is 1. The molecule has 4 rings (SSSR count). The summed E-state index contributed by atoms with van der Waals surface area (Å²) in [7, 11) is 0. The third kappa shape index (κ3) is 3.91. The van der Waals surface area contributed by atoms with E-state index in [0.717, 1.165) is 53.5 Å². The summed E-state index contributed by atoms with van der Waals surface area (Å²) in [4.78, 5) is 9.17. The van der Waals surface area contributed by atoms with Crippen LogP contribution in [0.25, 0.3) is 0 Å². The summed E-state index contributed by atoms with van der Waals surface area (Å²) in [6.07, 6.45) is 0.330. The van der Waals surface area contributed by atoms with Gasteiger partial charge in [0.25, 0.3) is 0 Å². The standard InChI is InChI=1S/C26H35N3O2/c1-25(2,3)18-14-17(15-19(23(18)31)26(4,5)6)22(30)16-29-21-11-8-7-10-20(21)28-13-9-12-27-24(28)29/h7-8,10-11,14-15,22,30-31H,9,12-13,16H2,1-6H3/t22-/m1/s1. The van der Waals surface area contributed by atoms with Crippen molar-refractivity contribution in [3.05, 3.63) is 53.1 Å². The molecule has 0 radical (unpaired) electrons. The number of rotatable bonds is 3. The second kappa shape index (κ2) is 7.56. The van der Waals surface area contributed by atoms with Crippen LogP contribution in [-0.4, -0.2) is 35.8 Å². The van der Waals surface area contributed by atoms with Crippen molar-refractivity contribution in [3.63, 3.8) is 0 Å². The lowest BCUT2D eigenvalue weighted by molar-refractivity contribution is 0.186. The third-order valence-corrected chi connectivity index (χ3v) is 6.23. The topological polar surface area (TPSA) is 59.3 Å². The summed E-state index contributed by atoms with van der Waals surface area (Å²) in [6.45, 7) is 14.7. The minimum atomic E-state index is -0.708. The maximum atomic E-state index is 11.4. The molecular formula is C26H35N3O2. The third-order valence-electron chi connectivity index (χ3n) is 6.23. The lowest BCUT2D eigenvalue weighted by Crippen LogP contribution is -2.43. The average molecular weight is 422 g/mol. The number of aliphatic hydroxyl groups excluding tert-OH is 1. The van der Waals surface area contributed by atoms with E-state index in [1.165, 1.54) is 0 Å². The zero-order valence-corrected chi connectivity index (χ0v) is 19.6. The van der Waals surface area contributed by atoms with Crippen LogP contribution >= 0.6 is 0 Å². The van der Waals surface area contributed by atoms with Crippen LogP contribution in [0.3, 0.4) is 0 Å². The zero-order valence-electron chi connectivity index (χ0n) is 19.6. The van der Waals surface area contributed by atoms with E-state index < -0.39 is 6.10 Å². The zero-order chi connectivity index (χ0) is 22.6. The fourth-order valence-electron chi connectivity index (χ4n) is 4.53. The van der Waals surface area contributed by atoms with Gasteiger partial charge in [0.05, 0.1) is 24.0 Å². The van der Waals surface area contributed by atoms with E-state index >= 15 is 0 Å². The summed E-state index contributed by atoms with van der Waals surface area (Å²) < 4.78 is 0. The van der Waals surface area contributed by atoms with Gasteiger partial charge in [-0.2, -0.15) is 0 Å². The lowest BCUT2D eigenvalue weighted by atomic mass is 9.78. The first kappa shape index (κ1) is 21.7. The van der Waals surface area contributed by atoms with Crippen molar-refractivity contribution in [1.29, 1.82) is 0 Å². The molecule has 2 N–H and O–H groups in total. The smallest absolute Gasteiger partial charge is 0.205 e.